The standard InChI is InChI=1S/2C11H9NO8S.Ni.8H2O/c2*13-9(14)4-20-8-2-7-6(10(15)11(8)16)1-5(3-12-7)21(17,18)19;;;;;;;;;/h2*1-3,15-16H,4H2,(H,13,14)(H,17,18,19);;8*1H2/q;;+2;;;;;;;;/p+4. The third-order valence-corrected chi connectivity index (χ3v) is 6.76. The van der Waals surface area contributed by atoms with Gasteiger partial charge in [-0.3, -0.25) is 0 Å². The Labute approximate surface area is 293 Å². The van der Waals surface area contributed by atoms with Crippen LogP contribution in [0.3, 0.4) is 0 Å². The average molecular weight is 837 g/mol. The zero-order valence-electron chi connectivity index (χ0n) is 25.2. The summed E-state index contributed by atoms with van der Waals surface area (Å²) in [6.45, 7) is -1.71. The number of fused-ring (bicyclic) bond motifs is 2. The molecular weight excluding hydrogens is 799 g/mol. The van der Waals surface area contributed by atoms with Gasteiger partial charge in [-0.15, -0.1) is 0 Å². The number of carboxylic acids is 2. The Hall–Kier alpha value is -5.01. The first-order valence-corrected chi connectivity index (χ1v) is 13.6. The molecule has 0 saturated heterocycles. The second-order valence-corrected chi connectivity index (χ2v) is 10.7. The van der Waals surface area contributed by atoms with Crippen LogP contribution in [-0.4, -0.2) is 82.5 Å². The Morgan fingerprint density at radius 3 is 1.10 bits per heavy atom. The van der Waals surface area contributed by atoms with Crippen LogP contribution in [0, 0.1) is 0 Å². The summed E-state index contributed by atoms with van der Waals surface area (Å²) in [5, 5.41) is 59.2. The topological polar surface area (TPSA) is 583 Å². The van der Waals surface area contributed by atoms with Crippen LogP contribution < -0.4 is 29.7 Å². The van der Waals surface area contributed by atoms with Gasteiger partial charge in [0.25, 0.3) is 0 Å². The molecule has 29 heteroatoms. The molecule has 2 aromatic carbocycles. The van der Waals surface area contributed by atoms with Crippen LogP contribution in [0.2, 0.25) is 0 Å². The number of pyridine rings is 2. The number of phenols is 4. The fraction of sp³-hybridized carbons (Fsp3) is 0.0909. The van der Waals surface area contributed by atoms with Gasteiger partial charge in [-0.2, -0.15) is 0 Å². The zero-order chi connectivity index (χ0) is 31.6. The maximum Gasteiger partial charge on any atom is 2.00 e. The number of benzene rings is 2. The van der Waals surface area contributed by atoms with E-state index in [1.807, 2.05) is 0 Å². The number of carboxylic acid groups (broad SMARTS) is 2. The first kappa shape index (κ1) is 61.2. The number of H-pyrrole nitrogens is 2. The van der Waals surface area contributed by atoms with Gasteiger partial charge in [-0.25, -0.2) is 26.8 Å². The number of aromatic amines is 2. The summed E-state index contributed by atoms with van der Waals surface area (Å²) in [6, 6.07) is 4.00. The van der Waals surface area contributed by atoms with E-state index in [1.165, 1.54) is 0 Å². The third kappa shape index (κ3) is 14.8. The maximum atomic E-state index is 10.9. The fourth-order valence-electron chi connectivity index (χ4n) is 3.28. The first-order chi connectivity index (χ1) is 19.4. The summed E-state index contributed by atoms with van der Waals surface area (Å²) in [4.78, 5) is 24.2. The Balaban J connectivity index is -0.000000129. The van der Waals surface area contributed by atoms with E-state index in [0.29, 0.717) is 0 Å². The van der Waals surface area contributed by atoms with Crippen molar-refractivity contribution in [2.24, 2.45) is 0 Å². The number of aliphatic carboxylic acids is 2. The van der Waals surface area contributed by atoms with Crippen LogP contribution in [-0.2, 0) is 79.2 Å². The van der Waals surface area contributed by atoms with E-state index in [0.717, 1.165) is 36.7 Å². The zero-order valence-corrected chi connectivity index (χ0v) is 27.8. The number of nitrogens with one attached hydrogen (secondary N) is 2. The summed E-state index contributed by atoms with van der Waals surface area (Å²) in [5.41, 5.74) is 0.233. The summed E-state index contributed by atoms with van der Waals surface area (Å²) in [6.07, 6.45) is 1.79. The molecule has 0 radical (unpaired) electrons. The summed E-state index contributed by atoms with van der Waals surface area (Å²) < 4.78 is 74.8. The molecule has 28 N–H and O–H groups in total. The molecule has 2 aromatic heterocycles. The summed E-state index contributed by atoms with van der Waals surface area (Å²) in [7, 11) is -9.49. The van der Waals surface area contributed by atoms with Crippen molar-refractivity contribution in [3.8, 4) is 34.5 Å². The van der Waals surface area contributed by atoms with Crippen LogP contribution in [0.5, 0.6) is 34.5 Å². The van der Waals surface area contributed by atoms with Crippen molar-refractivity contribution in [1.82, 2.24) is 0 Å². The van der Waals surface area contributed by atoms with E-state index >= 15 is 0 Å². The minimum atomic E-state index is -4.75. The number of aromatic nitrogens is 2. The van der Waals surface area contributed by atoms with Crippen molar-refractivity contribution in [1.29, 1.82) is 0 Å². The third-order valence-electron chi connectivity index (χ3n) is 5.14. The first-order valence-electron chi connectivity index (χ1n) is 10.8. The number of hydrogen-bond donors (Lipinski definition) is 4. The van der Waals surface area contributed by atoms with Crippen LogP contribution in [0.4, 0.5) is 0 Å². The van der Waals surface area contributed by atoms with E-state index < -0.39 is 78.2 Å². The van der Waals surface area contributed by atoms with Crippen molar-refractivity contribution in [2.75, 3.05) is 13.2 Å². The largest absolute Gasteiger partial charge is 2.00 e. The molecule has 0 amide bonds. The molecule has 26 nitrogen and oxygen atoms in total. The van der Waals surface area contributed by atoms with Gasteiger partial charge in [-0.1, -0.05) is 0 Å². The molecule has 51 heavy (non-hydrogen) atoms. The molecule has 0 spiro atoms. The summed E-state index contributed by atoms with van der Waals surface area (Å²) >= 11 is 0. The molecular formula is C22H38N2NiO24S2+6. The molecule has 0 unspecified atom stereocenters. The molecule has 4 rings (SSSR count). The normalized spacial score (nSPS) is 9.45. The molecule has 0 bridgehead atoms. The molecule has 2 heterocycles. The Kier molecular flexibility index (Phi) is 28.1. The number of carbonyl (C=O) groups is 2. The van der Waals surface area contributed by atoms with E-state index in [2.05, 4.69) is 9.97 Å². The Morgan fingerprint density at radius 1 is 0.588 bits per heavy atom. The van der Waals surface area contributed by atoms with E-state index in [-0.39, 0.29) is 93.6 Å². The minimum Gasteiger partial charge on any atom is -0.744 e. The summed E-state index contributed by atoms with van der Waals surface area (Å²) in [5.74, 6) is -6.88. The Morgan fingerprint density at radius 2 is 0.863 bits per heavy atom. The van der Waals surface area contributed by atoms with Gasteiger partial charge >= 0.3 is 16.5 Å². The van der Waals surface area contributed by atoms with Gasteiger partial charge in [0, 0.05) is 0 Å². The van der Waals surface area contributed by atoms with Crippen molar-refractivity contribution < 1.29 is 146 Å². The van der Waals surface area contributed by atoms with Crippen LogP contribution >= 0.6 is 0 Å². The minimum absolute atomic E-state index is 0. The Bertz CT molecular complexity index is 1820. The number of carbonyl (C=O) groups excluding carboxylic acids is 2. The number of rotatable bonds is 8. The van der Waals surface area contributed by atoms with Crippen molar-refractivity contribution in [3.63, 3.8) is 0 Å². The molecule has 0 aliphatic carbocycles. The number of ether oxygens (including phenoxy) is 2. The molecule has 4 aromatic rings. The SMILES string of the molecule is O.O.O=C([O-])COc1cc2[nH+]cc(S(=O)(=O)[O-])cc2c(O)c1O.O=C([O-])COc1cc2[nH+]cc(S(=O)(=O)[O-])cc2c(O)c1O.[Ni+2].[OH3+].[OH3+].[OH3+].[OH3+].[OH3+].[OH3+]. The van der Waals surface area contributed by atoms with E-state index in [4.69, 9.17) is 9.47 Å². The maximum absolute atomic E-state index is 10.9. The van der Waals surface area contributed by atoms with Crippen molar-refractivity contribution >= 4 is 54.0 Å². The van der Waals surface area contributed by atoms with Crippen LogP contribution in [0.25, 0.3) is 21.8 Å². The van der Waals surface area contributed by atoms with Gasteiger partial charge in [0.15, 0.2) is 35.4 Å². The molecule has 0 saturated carbocycles. The van der Waals surface area contributed by atoms with Crippen molar-refractivity contribution in [2.45, 2.75) is 9.79 Å². The van der Waals surface area contributed by atoms with Gasteiger partial charge in [0.2, 0.25) is 22.5 Å². The van der Waals surface area contributed by atoms with Crippen LogP contribution in [0.1, 0.15) is 0 Å². The predicted molar refractivity (Wildman–Crippen MR) is 161 cm³/mol. The van der Waals surface area contributed by atoms with E-state index in [1.54, 1.807) is 0 Å². The van der Waals surface area contributed by atoms with Crippen LogP contribution in [0.15, 0.2) is 46.5 Å². The number of hydrogen-bond acceptors (Lipinski definition) is 16. The molecule has 0 aliphatic heterocycles. The molecule has 0 aliphatic rings. The number of phenolic OH excluding ortho intramolecular Hbond substituents is 4. The van der Waals surface area contributed by atoms with Gasteiger partial charge in [0.1, 0.15) is 43.2 Å². The van der Waals surface area contributed by atoms with Gasteiger partial charge in [-0.05, 0) is 12.1 Å². The molecule has 0 fully saturated rings. The fourth-order valence-corrected chi connectivity index (χ4v) is 4.21. The van der Waals surface area contributed by atoms with E-state index in [9.17, 15) is 66.2 Å². The molecule has 296 valence electrons. The quantitative estimate of drug-likeness (QED) is 0.0554. The number of aromatic hydroxyl groups is 4. The molecule has 0 atom stereocenters. The van der Waals surface area contributed by atoms with Gasteiger partial charge in [0.05, 0.1) is 34.8 Å². The second-order valence-electron chi connectivity index (χ2n) is 7.97. The van der Waals surface area contributed by atoms with Crippen molar-refractivity contribution in [3.05, 3.63) is 36.7 Å². The average Bonchev–Trinajstić information content (AvgIpc) is 2.90. The smallest absolute Gasteiger partial charge is 0.744 e. The monoisotopic (exact) mass is 836 g/mol. The van der Waals surface area contributed by atoms with Gasteiger partial charge < -0.3 is 103 Å². The second kappa shape index (κ2) is 23.4. The predicted octanol–water partition coefficient (Wildman–Crippen LogP) is -11.0.